The fourth-order valence-corrected chi connectivity index (χ4v) is 2.05. The molecule has 1 saturated heterocycles. The summed E-state index contributed by atoms with van der Waals surface area (Å²) in [6, 6.07) is 3.58. The van der Waals surface area contributed by atoms with Crippen molar-refractivity contribution in [2.45, 2.75) is 24.4 Å². The Bertz CT molecular complexity index is 358. The van der Waals surface area contributed by atoms with E-state index in [2.05, 4.69) is 27.6 Å². The first-order chi connectivity index (χ1) is 7.63. The summed E-state index contributed by atoms with van der Waals surface area (Å²) in [6.07, 6.45) is -1.86. The van der Waals surface area contributed by atoms with E-state index in [4.69, 9.17) is 9.84 Å². The molecule has 0 aliphatic carbocycles. The van der Waals surface area contributed by atoms with Gasteiger partial charge >= 0.3 is 0 Å². The lowest BCUT2D eigenvalue weighted by Gasteiger charge is -2.14. The van der Waals surface area contributed by atoms with Crippen molar-refractivity contribution in [2.24, 2.45) is 0 Å². The zero-order valence-electron chi connectivity index (χ0n) is 8.32. The van der Waals surface area contributed by atoms with Gasteiger partial charge in [-0.1, -0.05) is 6.07 Å². The minimum Gasteiger partial charge on any atom is -0.394 e. The number of pyridine rings is 1. The number of halogens is 1. The molecule has 0 bridgehead atoms. The average Bonchev–Trinajstić information content (AvgIpc) is 2.57. The van der Waals surface area contributed by atoms with Gasteiger partial charge in [0, 0.05) is 11.8 Å². The van der Waals surface area contributed by atoms with E-state index in [1.165, 1.54) is 0 Å². The number of aliphatic hydroxyl groups is 3. The van der Waals surface area contributed by atoms with Gasteiger partial charge in [-0.3, -0.25) is 0 Å². The Balaban J connectivity index is 2.19. The van der Waals surface area contributed by atoms with E-state index >= 15 is 0 Å². The molecule has 16 heavy (non-hydrogen) atoms. The molecule has 0 aromatic carbocycles. The summed E-state index contributed by atoms with van der Waals surface area (Å²) >= 11 is 2.08. The Hall–Kier alpha value is -0.280. The van der Waals surface area contributed by atoms with Crippen LogP contribution in [0.1, 0.15) is 11.7 Å². The number of hydrogen-bond donors (Lipinski definition) is 3. The third kappa shape index (κ3) is 2.21. The van der Waals surface area contributed by atoms with Crippen LogP contribution in [0.2, 0.25) is 0 Å². The number of ether oxygens (including phenoxy) is 1. The number of nitrogens with zero attached hydrogens (tertiary/aromatic N) is 1. The van der Waals surface area contributed by atoms with E-state index in [0.717, 1.165) is 3.70 Å². The first-order valence-corrected chi connectivity index (χ1v) is 5.95. The molecule has 88 valence electrons. The smallest absolute Gasteiger partial charge is 0.113 e. The van der Waals surface area contributed by atoms with Gasteiger partial charge in [0.05, 0.1) is 6.61 Å². The fraction of sp³-hybridized carbons (Fsp3) is 0.500. The Kier molecular flexibility index (Phi) is 3.75. The summed E-state index contributed by atoms with van der Waals surface area (Å²) in [5, 5.41) is 28.3. The monoisotopic (exact) mass is 337 g/mol. The van der Waals surface area contributed by atoms with Gasteiger partial charge in [-0.25, -0.2) is 4.98 Å². The number of hydrogen-bond acceptors (Lipinski definition) is 5. The molecule has 5 nitrogen and oxygen atoms in total. The molecule has 4 atom stereocenters. The maximum Gasteiger partial charge on any atom is 0.113 e. The highest BCUT2D eigenvalue weighted by molar-refractivity contribution is 14.1. The van der Waals surface area contributed by atoms with Crippen LogP contribution in [0.15, 0.2) is 18.3 Å². The van der Waals surface area contributed by atoms with Crippen molar-refractivity contribution in [2.75, 3.05) is 6.61 Å². The maximum atomic E-state index is 9.77. The predicted octanol–water partition coefficient (Wildman–Crippen LogP) is -0.160. The molecule has 1 aromatic heterocycles. The zero-order chi connectivity index (χ0) is 11.7. The second kappa shape index (κ2) is 4.92. The Morgan fingerprint density at radius 3 is 2.56 bits per heavy atom. The van der Waals surface area contributed by atoms with Crippen molar-refractivity contribution in [1.29, 1.82) is 0 Å². The van der Waals surface area contributed by atoms with Crippen molar-refractivity contribution < 1.29 is 20.1 Å². The number of rotatable bonds is 2. The summed E-state index contributed by atoms with van der Waals surface area (Å²) in [5.41, 5.74) is 0.697. The van der Waals surface area contributed by atoms with Crippen LogP contribution in [0.5, 0.6) is 0 Å². The number of aromatic nitrogens is 1. The van der Waals surface area contributed by atoms with Crippen molar-refractivity contribution >= 4 is 22.6 Å². The Labute approximate surface area is 106 Å². The van der Waals surface area contributed by atoms with Gasteiger partial charge in [-0.05, 0) is 28.7 Å². The van der Waals surface area contributed by atoms with E-state index in [1.54, 1.807) is 18.3 Å². The first-order valence-electron chi connectivity index (χ1n) is 4.87. The minimum absolute atomic E-state index is 0.313. The summed E-state index contributed by atoms with van der Waals surface area (Å²) in [7, 11) is 0. The van der Waals surface area contributed by atoms with Crippen LogP contribution in [-0.2, 0) is 4.74 Å². The lowest BCUT2D eigenvalue weighted by Crippen LogP contribution is -2.32. The van der Waals surface area contributed by atoms with E-state index in [0.29, 0.717) is 5.56 Å². The average molecular weight is 337 g/mol. The van der Waals surface area contributed by atoms with Gasteiger partial charge in [-0.15, -0.1) is 0 Å². The second-order valence-corrected chi connectivity index (χ2v) is 4.78. The molecule has 0 amide bonds. The molecular weight excluding hydrogens is 325 g/mol. The highest BCUT2D eigenvalue weighted by atomic mass is 127. The predicted molar refractivity (Wildman–Crippen MR) is 63.7 cm³/mol. The molecule has 0 spiro atoms. The van der Waals surface area contributed by atoms with Gasteiger partial charge < -0.3 is 20.1 Å². The first kappa shape index (κ1) is 12.2. The van der Waals surface area contributed by atoms with Crippen LogP contribution in [0.3, 0.4) is 0 Å². The summed E-state index contributed by atoms with van der Waals surface area (Å²) in [5.74, 6) is 0. The lowest BCUT2D eigenvalue weighted by atomic mass is 10.0. The Morgan fingerprint density at radius 1 is 1.31 bits per heavy atom. The fourth-order valence-electron chi connectivity index (χ4n) is 1.73. The minimum atomic E-state index is -1.06. The molecule has 1 fully saturated rings. The third-order valence-electron chi connectivity index (χ3n) is 2.62. The normalized spacial score (nSPS) is 34.2. The molecule has 1 unspecified atom stereocenters. The van der Waals surface area contributed by atoms with Crippen molar-refractivity contribution in [1.82, 2.24) is 4.98 Å². The molecule has 1 aliphatic rings. The highest BCUT2D eigenvalue weighted by Crippen LogP contribution is 2.33. The van der Waals surface area contributed by atoms with Crippen LogP contribution in [0, 0.1) is 3.70 Å². The summed E-state index contributed by atoms with van der Waals surface area (Å²) in [6.45, 7) is -0.313. The lowest BCUT2D eigenvalue weighted by molar-refractivity contribution is -0.0228. The van der Waals surface area contributed by atoms with E-state index in [-0.39, 0.29) is 6.61 Å². The van der Waals surface area contributed by atoms with Crippen molar-refractivity contribution in [3.05, 3.63) is 27.6 Å². The van der Waals surface area contributed by atoms with Crippen LogP contribution in [0.25, 0.3) is 0 Å². The van der Waals surface area contributed by atoms with Gasteiger partial charge in [0.15, 0.2) is 0 Å². The second-order valence-electron chi connectivity index (χ2n) is 3.67. The molecular formula is C10H12INO4. The quantitative estimate of drug-likeness (QED) is 0.516. The summed E-state index contributed by atoms with van der Waals surface area (Å²) in [4.78, 5) is 4.09. The zero-order valence-corrected chi connectivity index (χ0v) is 10.5. The maximum absolute atomic E-state index is 9.77. The standard InChI is InChI=1S/C10H12INO4/c11-7-2-1-5(3-12-7)10-9(15)8(14)6(4-13)16-10/h1-3,6,8-10,13-15H,4H2/t6-,8-,9-,10?/m1/s1. The largest absolute Gasteiger partial charge is 0.394 e. The Morgan fingerprint density at radius 2 is 2.06 bits per heavy atom. The van der Waals surface area contributed by atoms with E-state index in [9.17, 15) is 10.2 Å². The number of aliphatic hydroxyl groups excluding tert-OH is 3. The van der Waals surface area contributed by atoms with Crippen LogP contribution in [0.4, 0.5) is 0 Å². The van der Waals surface area contributed by atoms with Crippen molar-refractivity contribution in [3.8, 4) is 0 Å². The molecule has 0 radical (unpaired) electrons. The highest BCUT2D eigenvalue weighted by Gasteiger charge is 2.42. The van der Waals surface area contributed by atoms with E-state index in [1.807, 2.05) is 0 Å². The molecule has 2 heterocycles. The molecule has 2 rings (SSSR count). The van der Waals surface area contributed by atoms with Crippen LogP contribution < -0.4 is 0 Å². The molecule has 1 aromatic rings. The topological polar surface area (TPSA) is 82.8 Å². The van der Waals surface area contributed by atoms with Gasteiger partial charge in [0.2, 0.25) is 0 Å². The van der Waals surface area contributed by atoms with Crippen LogP contribution in [-0.4, -0.2) is 45.2 Å². The van der Waals surface area contributed by atoms with Crippen LogP contribution >= 0.6 is 22.6 Å². The molecule has 0 saturated carbocycles. The van der Waals surface area contributed by atoms with Gasteiger partial charge in [0.1, 0.15) is 28.1 Å². The van der Waals surface area contributed by atoms with Crippen molar-refractivity contribution in [3.63, 3.8) is 0 Å². The third-order valence-corrected chi connectivity index (χ3v) is 3.26. The van der Waals surface area contributed by atoms with E-state index < -0.39 is 24.4 Å². The molecule has 1 aliphatic heterocycles. The van der Waals surface area contributed by atoms with Gasteiger partial charge in [-0.2, -0.15) is 0 Å². The molecule has 6 heteroatoms. The molecule has 3 N–H and O–H groups in total. The summed E-state index contributed by atoms with van der Waals surface area (Å²) < 4.78 is 6.21. The van der Waals surface area contributed by atoms with Gasteiger partial charge in [0.25, 0.3) is 0 Å². The SMILES string of the molecule is OC[C@H]1OC(c2ccc(I)nc2)[C@H](O)[C@@H]1O.